The molecule has 1 aliphatic rings. The number of carbonyl (C=O) groups is 2. The van der Waals surface area contributed by atoms with E-state index >= 15 is 0 Å². The summed E-state index contributed by atoms with van der Waals surface area (Å²) in [4.78, 5) is 26.2. The first kappa shape index (κ1) is 26.3. The van der Waals surface area contributed by atoms with Gasteiger partial charge in [0.15, 0.2) is 6.10 Å². The van der Waals surface area contributed by atoms with E-state index in [-0.39, 0.29) is 6.03 Å². The second-order valence-corrected chi connectivity index (χ2v) is 8.71. The van der Waals surface area contributed by atoms with Crippen molar-refractivity contribution >= 4 is 17.7 Å². The molecule has 3 rings (SSSR count). The predicted molar refractivity (Wildman–Crippen MR) is 134 cm³/mol. The van der Waals surface area contributed by atoms with E-state index in [9.17, 15) is 14.7 Å². The van der Waals surface area contributed by atoms with E-state index in [1.807, 2.05) is 53.4 Å². The highest BCUT2D eigenvalue weighted by Crippen LogP contribution is 2.27. The maximum atomic E-state index is 13.1. The Morgan fingerprint density at radius 2 is 1.83 bits per heavy atom. The van der Waals surface area contributed by atoms with Crippen LogP contribution in [-0.2, 0) is 16.0 Å². The number of urea groups is 1. The number of ether oxygens (including phenoxy) is 3. The van der Waals surface area contributed by atoms with E-state index in [4.69, 9.17) is 14.2 Å². The van der Waals surface area contributed by atoms with Gasteiger partial charge in [-0.15, -0.1) is 0 Å². The van der Waals surface area contributed by atoms with Crippen molar-refractivity contribution in [3.63, 3.8) is 0 Å². The van der Waals surface area contributed by atoms with Crippen LogP contribution in [0, 0.1) is 5.92 Å². The van der Waals surface area contributed by atoms with Crippen molar-refractivity contribution in [3.8, 4) is 11.5 Å². The molecule has 1 unspecified atom stereocenters. The molecule has 0 aliphatic heterocycles. The maximum Gasteiger partial charge on any atom is 0.333 e. The van der Waals surface area contributed by atoms with E-state index in [1.54, 1.807) is 14.0 Å². The van der Waals surface area contributed by atoms with Gasteiger partial charge in [-0.05, 0) is 55.5 Å². The van der Waals surface area contributed by atoms with E-state index in [0.717, 1.165) is 18.4 Å². The number of methoxy groups -OCH3 is 1. The van der Waals surface area contributed by atoms with E-state index in [0.29, 0.717) is 55.8 Å². The number of nitrogens with zero attached hydrogens (tertiary/aromatic N) is 1. The Morgan fingerprint density at radius 3 is 2.49 bits per heavy atom. The van der Waals surface area contributed by atoms with Crippen LogP contribution in [0.25, 0.3) is 0 Å². The van der Waals surface area contributed by atoms with Gasteiger partial charge in [-0.1, -0.05) is 37.1 Å². The quantitative estimate of drug-likeness (QED) is 0.423. The van der Waals surface area contributed by atoms with Gasteiger partial charge < -0.3 is 29.5 Å². The smallest absolute Gasteiger partial charge is 0.333 e. The lowest BCUT2D eigenvalue weighted by molar-refractivity contribution is -0.149. The first-order valence-corrected chi connectivity index (χ1v) is 12.2. The molecule has 8 heteroatoms. The summed E-state index contributed by atoms with van der Waals surface area (Å²) in [5.41, 5.74) is 1.50. The fourth-order valence-electron chi connectivity index (χ4n) is 4.35. The number of rotatable bonds is 13. The molecule has 0 heterocycles. The molecule has 0 aromatic heterocycles. The van der Waals surface area contributed by atoms with E-state index in [1.165, 1.54) is 12.8 Å². The second-order valence-electron chi connectivity index (χ2n) is 8.71. The third-order valence-corrected chi connectivity index (χ3v) is 6.21. The molecule has 190 valence electrons. The molecule has 2 aromatic rings. The fourth-order valence-corrected chi connectivity index (χ4v) is 4.35. The summed E-state index contributed by atoms with van der Waals surface area (Å²) in [6.07, 6.45) is 4.13. The summed E-state index contributed by atoms with van der Waals surface area (Å²) in [5, 5.41) is 12.2. The van der Waals surface area contributed by atoms with Crippen molar-refractivity contribution in [2.75, 3.05) is 38.7 Å². The second kappa shape index (κ2) is 13.6. The number of nitrogens with one attached hydrogen (secondary N) is 1. The zero-order valence-corrected chi connectivity index (χ0v) is 20.6. The van der Waals surface area contributed by atoms with Gasteiger partial charge in [0.05, 0.1) is 19.3 Å². The summed E-state index contributed by atoms with van der Waals surface area (Å²) in [5.74, 6) is 0.821. The number of carboxylic acid groups (broad SMARTS) is 1. The molecule has 1 aliphatic carbocycles. The fraction of sp³-hybridized carbons (Fsp3) is 0.481. The van der Waals surface area contributed by atoms with Crippen LogP contribution in [-0.4, -0.2) is 61.5 Å². The maximum absolute atomic E-state index is 13.1. The highest BCUT2D eigenvalue weighted by Gasteiger charge is 2.23. The number of aliphatic carboxylic acids is 1. The lowest BCUT2D eigenvalue weighted by atomic mass is 10.1. The average molecular weight is 485 g/mol. The molecule has 35 heavy (non-hydrogen) atoms. The summed E-state index contributed by atoms with van der Waals surface area (Å²) >= 11 is 0. The predicted octanol–water partition coefficient (Wildman–Crippen LogP) is 4.83. The van der Waals surface area contributed by atoms with Gasteiger partial charge in [-0.3, -0.25) is 0 Å². The molecular weight excluding hydrogens is 448 g/mol. The molecule has 2 N–H and O–H groups in total. The normalized spacial score (nSPS) is 14.3. The van der Waals surface area contributed by atoms with Gasteiger partial charge in [0.2, 0.25) is 0 Å². The molecule has 8 nitrogen and oxygen atoms in total. The van der Waals surface area contributed by atoms with Gasteiger partial charge in [-0.2, -0.15) is 0 Å². The summed E-state index contributed by atoms with van der Waals surface area (Å²) in [6, 6.07) is 14.5. The number of benzene rings is 2. The molecule has 2 aromatic carbocycles. The number of carboxylic acids is 1. The molecule has 1 atom stereocenters. The monoisotopic (exact) mass is 484 g/mol. The van der Waals surface area contributed by atoms with Crippen LogP contribution < -0.4 is 14.8 Å². The number of carbonyl (C=O) groups excluding carboxylic acids is 1. The molecule has 0 spiro atoms. The first-order valence-electron chi connectivity index (χ1n) is 12.2. The number of anilines is 1. The zero-order valence-electron chi connectivity index (χ0n) is 20.6. The third-order valence-electron chi connectivity index (χ3n) is 6.21. The highest BCUT2D eigenvalue weighted by molar-refractivity contribution is 5.91. The largest absolute Gasteiger partial charge is 0.495 e. The summed E-state index contributed by atoms with van der Waals surface area (Å²) < 4.78 is 16.5. The van der Waals surface area contributed by atoms with Crippen molar-refractivity contribution in [2.24, 2.45) is 5.92 Å². The number of amides is 2. The Morgan fingerprint density at radius 1 is 1.11 bits per heavy atom. The minimum absolute atomic E-state index is 0.170. The Bertz CT molecular complexity index is 943. The SMILES string of the molecule is CCOC(Cc1ccc(OCCN(CC2CCCC2)C(=O)Nc2ccccc2OC)cc1)C(=O)O. The van der Waals surface area contributed by atoms with Gasteiger partial charge in [0.25, 0.3) is 0 Å². The third kappa shape index (κ3) is 8.17. The summed E-state index contributed by atoms with van der Waals surface area (Å²) in [6.45, 7) is 3.61. The number of para-hydroxylation sites is 2. The number of hydrogen-bond donors (Lipinski definition) is 2. The molecule has 1 fully saturated rings. The van der Waals surface area contributed by atoms with Crippen LogP contribution in [0.2, 0.25) is 0 Å². The Hall–Kier alpha value is -3.26. The van der Waals surface area contributed by atoms with Gasteiger partial charge in [-0.25, -0.2) is 9.59 Å². The van der Waals surface area contributed by atoms with Gasteiger partial charge >= 0.3 is 12.0 Å². The van der Waals surface area contributed by atoms with Gasteiger partial charge in [0.1, 0.15) is 18.1 Å². The molecule has 0 saturated heterocycles. The van der Waals surface area contributed by atoms with Crippen LogP contribution >= 0.6 is 0 Å². The molecule has 0 radical (unpaired) electrons. The minimum atomic E-state index is -0.971. The Balaban J connectivity index is 1.56. The first-order chi connectivity index (χ1) is 17.0. The van der Waals surface area contributed by atoms with Crippen LogP contribution in [0.4, 0.5) is 10.5 Å². The lowest BCUT2D eigenvalue weighted by Crippen LogP contribution is -2.40. The topological polar surface area (TPSA) is 97.3 Å². The average Bonchev–Trinajstić information content (AvgIpc) is 3.37. The molecule has 1 saturated carbocycles. The van der Waals surface area contributed by atoms with Crippen molar-refractivity contribution < 1.29 is 28.9 Å². The zero-order chi connectivity index (χ0) is 25.0. The number of hydrogen-bond acceptors (Lipinski definition) is 5. The van der Waals surface area contributed by atoms with Crippen molar-refractivity contribution in [3.05, 3.63) is 54.1 Å². The Labute approximate surface area is 207 Å². The van der Waals surface area contributed by atoms with Crippen LogP contribution in [0.5, 0.6) is 11.5 Å². The molecular formula is C27H36N2O6. The van der Waals surface area contributed by atoms with Crippen LogP contribution in [0.15, 0.2) is 48.5 Å². The van der Waals surface area contributed by atoms with Gasteiger partial charge in [0, 0.05) is 19.6 Å². The van der Waals surface area contributed by atoms with Crippen molar-refractivity contribution in [2.45, 2.75) is 45.1 Å². The highest BCUT2D eigenvalue weighted by atomic mass is 16.5. The van der Waals surface area contributed by atoms with Crippen LogP contribution in [0.3, 0.4) is 0 Å². The Kier molecular flexibility index (Phi) is 10.2. The van der Waals surface area contributed by atoms with Crippen molar-refractivity contribution in [1.82, 2.24) is 4.90 Å². The van der Waals surface area contributed by atoms with E-state index in [2.05, 4.69) is 5.32 Å². The molecule has 2 amide bonds. The standard InChI is InChI=1S/C27H36N2O6/c1-3-34-25(26(30)31)18-20-12-14-22(15-13-20)35-17-16-29(19-21-8-4-5-9-21)27(32)28-23-10-6-7-11-24(23)33-2/h6-7,10-15,21,25H,3-5,8-9,16-19H2,1-2H3,(H,28,32)(H,30,31). The molecule has 0 bridgehead atoms. The summed E-state index contributed by atoms with van der Waals surface area (Å²) in [7, 11) is 1.58. The van der Waals surface area contributed by atoms with Crippen molar-refractivity contribution in [1.29, 1.82) is 0 Å². The minimum Gasteiger partial charge on any atom is -0.495 e. The van der Waals surface area contributed by atoms with E-state index < -0.39 is 12.1 Å². The van der Waals surface area contributed by atoms with Crippen LogP contribution in [0.1, 0.15) is 38.2 Å². The lowest BCUT2D eigenvalue weighted by Gasteiger charge is -2.26.